The highest BCUT2D eigenvalue weighted by Gasteiger charge is 2.23. The van der Waals surface area contributed by atoms with Crippen LogP contribution in [0.3, 0.4) is 0 Å². The smallest absolute Gasteiger partial charge is 0.169 e. The third kappa shape index (κ3) is 2.69. The van der Waals surface area contributed by atoms with Crippen LogP contribution in [0.2, 0.25) is 0 Å². The number of fused-ring (bicyclic) bond motifs is 1. The lowest BCUT2D eigenvalue weighted by Crippen LogP contribution is -2.23. The molecule has 0 unspecified atom stereocenters. The van der Waals surface area contributed by atoms with E-state index in [1.54, 1.807) is 18.5 Å². The molecular formula is C13H13BrFN3O. The van der Waals surface area contributed by atoms with Gasteiger partial charge in [0.25, 0.3) is 0 Å². The standard InChI is InChI=1S/C13H12FN3O.BrH/c14-13-11-8-17(7-9(11)1-2-12(13)18)16-10-3-5-15-6-4-10;/h1-6,18H,7-8H2,(H,15,16);1H. The predicted octanol–water partition coefficient (Wildman–Crippen LogP) is 2.85. The summed E-state index contributed by atoms with van der Waals surface area (Å²) in [5.41, 5.74) is 5.53. The van der Waals surface area contributed by atoms with Crippen LogP contribution in [0.1, 0.15) is 11.1 Å². The summed E-state index contributed by atoms with van der Waals surface area (Å²) in [6.07, 6.45) is 3.38. The SMILES string of the molecule is Br.Oc1ccc2c(c1F)CN(Nc1ccncc1)C2. The second-order valence-corrected chi connectivity index (χ2v) is 4.24. The van der Waals surface area contributed by atoms with E-state index >= 15 is 0 Å². The Hall–Kier alpha value is -1.66. The number of nitrogens with one attached hydrogen (secondary N) is 1. The number of nitrogens with zero attached hydrogens (tertiary/aromatic N) is 2. The third-order valence-electron chi connectivity index (χ3n) is 3.00. The number of hydrazine groups is 1. The van der Waals surface area contributed by atoms with Crippen LogP contribution in [0.4, 0.5) is 10.1 Å². The molecular weight excluding hydrogens is 313 g/mol. The van der Waals surface area contributed by atoms with Gasteiger partial charge in [-0.3, -0.25) is 4.98 Å². The van der Waals surface area contributed by atoms with Crippen LogP contribution in [0, 0.1) is 5.82 Å². The van der Waals surface area contributed by atoms with E-state index in [0.717, 1.165) is 11.3 Å². The first-order chi connectivity index (χ1) is 8.74. The Morgan fingerprint density at radius 3 is 2.63 bits per heavy atom. The van der Waals surface area contributed by atoms with Crippen LogP contribution < -0.4 is 5.43 Å². The first-order valence-electron chi connectivity index (χ1n) is 5.65. The van der Waals surface area contributed by atoms with E-state index in [1.165, 1.54) is 6.07 Å². The molecule has 0 fully saturated rings. The molecule has 1 aliphatic rings. The minimum Gasteiger partial charge on any atom is -0.505 e. The Morgan fingerprint density at radius 2 is 1.89 bits per heavy atom. The van der Waals surface area contributed by atoms with Gasteiger partial charge in [0.15, 0.2) is 11.6 Å². The van der Waals surface area contributed by atoms with Gasteiger partial charge in [0, 0.05) is 31.0 Å². The molecule has 0 saturated carbocycles. The second-order valence-electron chi connectivity index (χ2n) is 4.24. The fraction of sp³-hybridized carbons (Fsp3) is 0.154. The van der Waals surface area contributed by atoms with Crippen molar-refractivity contribution in [3.63, 3.8) is 0 Å². The molecule has 1 aromatic carbocycles. The molecule has 0 saturated heterocycles. The molecule has 1 aromatic heterocycles. The molecule has 0 radical (unpaired) electrons. The lowest BCUT2D eigenvalue weighted by Gasteiger charge is -2.17. The monoisotopic (exact) mass is 325 g/mol. The highest BCUT2D eigenvalue weighted by Crippen LogP contribution is 2.30. The van der Waals surface area contributed by atoms with Crippen molar-refractivity contribution in [3.8, 4) is 5.75 Å². The largest absolute Gasteiger partial charge is 0.505 e. The van der Waals surface area contributed by atoms with Crippen molar-refractivity contribution < 1.29 is 9.50 Å². The summed E-state index contributed by atoms with van der Waals surface area (Å²) in [7, 11) is 0. The van der Waals surface area contributed by atoms with Crippen LogP contribution in [0.5, 0.6) is 5.75 Å². The molecule has 2 N–H and O–H groups in total. The number of hydrogen-bond donors (Lipinski definition) is 2. The maximum atomic E-state index is 13.7. The second kappa shape index (κ2) is 5.54. The number of aromatic nitrogens is 1. The van der Waals surface area contributed by atoms with Crippen LogP contribution in [0.25, 0.3) is 0 Å². The zero-order valence-corrected chi connectivity index (χ0v) is 11.7. The molecule has 1 aliphatic heterocycles. The zero-order chi connectivity index (χ0) is 12.5. The molecule has 100 valence electrons. The van der Waals surface area contributed by atoms with Gasteiger partial charge in [0.1, 0.15) is 0 Å². The molecule has 0 bridgehead atoms. The van der Waals surface area contributed by atoms with Gasteiger partial charge >= 0.3 is 0 Å². The third-order valence-corrected chi connectivity index (χ3v) is 3.00. The maximum Gasteiger partial charge on any atom is 0.169 e. The summed E-state index contributed by atoms with van der Waals surface area (Å²) in [5.74, 6) is -0.814. The first-order valence-corrected chi connectivity index (χ1v) is 5.65. The molecule has 2 aromatic rings. The summed E-state index contributed by atoms with van der Waals surface area (Å²) < 4.78 is 13.7. The van der Waals surface area contributed by atoms with Gasteiger partial charge in [-0.2, -0.15) is 0 Å². The van der Waals surface area contributed by atoms with Gasteiger partial charge in [-0.25, -0.2) is 9.40 Å². The number of phenolic OH excluding ortho intramolecular Hbond substituents is 1. The summed E-state index contributed by atoms with van der Waals surface area (Å²) in [6, 6.07) is 6.83. The van der Waals surface area contributed by atoms with E-state index < -0.39 is 5.82 Å². The van der Waals surface area contributed by atoms with Crippen molar-refractivity contribution >= 4 is 22.7 Å². The van der Waals surface area contributed by atoms with Gasteiger partial charge in [0.2, 0.25) is 0 Å². The van der Waals surface area contributed by atoms with Crippen molar-refractivity contribution in [3.05, 3.63) is 53.6 Å². The van der Waals surface area contributed by atoms with E-state index in [0.29, 0.717) is 18.7 Å². The van der Waals surface area contributed by atoms with E-state index in [9.17, 15) is 9.50 Å². The van der Waals surface area contributed by atoms with Gasteiger partial charge in [0.05, 0.1) is 5.69 Å². The molecule has 19 heavy (non-hydrogen) atoms. The van der Waals surface area contributed by atoms with Gasteiger partial charge in [-0.1, -0.05) is 6.07 Å². The Bertz CT molecular complexity index is 580. The normalized spacial score (nSPS) is 13.7. The van der Waals surface area contributed by atoms with Crippen LogP contribution in [-0.2, 0) is 13.1 Å². The van der Waals surface area contributed by atoms with E-state index in [1.807, 2.05) is 17.1 Å². The number of pyridine rings is 1. The Kier molecular flexibility index (Phi) is 4.01. The van der Waals surface area contributed by atoms with E-state index in [4.69, 9.17) is 0 Å². The summed E-state index contributed by atoms with van der Waals surface area (Å²) >= 11 is 0. The molecule has 3 rings (SSSR count). The minimum absolute atomic E-state index is 0. The molecule has 4 nitrogen and oxygen atoms in total. The molecule has 0 aliphatic carbocycles. The fourth-order valence-corrected chi connectivity index (χ4v) is 2.11. The van der Waals surface area contributed by atoms with Gasteiger partial charge in [-0.15, -0.1) is 17.0 Å². The minimum atomic E-state index is -0.522. The Labute approximate surface area is 120 Å². The Balaban J connectivity index is 0.00000133. The predicted molar refractivity (Wildman–Crippen MR) is 75.5 cm³/mol. The molecule has 0 amide bonds. The Morgan fingerprint density at radius 1 is 1.16 bits per heavy atom. The highest BCUT2D eigenvalue weighted by molar-refractivity contribution is 8.93. The molecule has 2 heterocycles. The van der Waals surface area contributed by atoms with Crippen molar-refractivity contribution in [1.29, 1.82) is 0 Å². The van der Waals surface area contributed by atoms with Gasteiger partial charge in [-0.05, 0) is 23.8 Å². The lowest BCUT2D eigenvalue weighted by atomic mass is 10.1. The van der Waals surface area contributed by atoms with Crippen LogP contribution in [0.15, 0.2) is 36.7 Å². The number of anilines is 1. The fourth-order valence-electron chi connectivity index (χ4n) is 2.11. The van der Waals surface area contributed by atoms with E-state index in [-0.39, 0.29) is 22.7 Å². The topological polar surface area (TPSA) is 48.4 Å². The molecule has 6 heteroatoms. The maximum absolute atomic E-state index is 13.7. The van der Waals surface area contributed by atoms with Crippen molar-refractivity contribution in [1.82, 2.24) is 9.99 Å². The lowest BCUT2D eigenvalue weighted by molar-refractivity contribution is 0.342. The first kappa shape index (κ1) is 13.8. The van der Waals surface area contributed by atoms with Crippen molar-refractivity contribution in [2.24, 2.45) is 0 Å². The van der Waals surface area contributed by atoms with Crippen LogP contribution in [-0.4, -0.2) is 15.1 Å². The summed E-state index contributed by atoms with van der Waals surface area (Å²) in [5, 5.41) is 11.2. The average Bonchev–Trinajstić information content (AvgIpc) is 2.79. The number of benzene rings is 1. The number of aromatic hydroxyl groups is 1. The van der Waals surface area contributed by atoms with Crippen LogP contribution >= 0.6 is 17.0 Å². The number of hydrogen-bond acceptors (Lipinski definition) is 4. The van der Waals surface area contributed by atoms with E-state index in [2.05, 4.69) is 10.4 Å². The zero-order valence-electron chi connectivity index (χ0n) is 10.0. The summed E-state index contributed by atoms with van der Waals surface area (Å²) in [4.78, 5) is 3.93. The van der Waals surface area contributed by atoms with Crippen molar-refractivity contribution in [2.45, 2.75) is 13.1 Å². The van der Waals surface area contributed by atoms with Gasteiger partial charge < -0.3 is 10.5 Å². The highest BCUT2D eigenvalue weighted by atomic mass is 79.9. The number of rotatable bonds is 2. The number of halogens is 2. The molecule has 0 atom stereocenters. The molecule has 0 spiro atoms. The van der Waals surface area contributed by atoms with Crippen molar-refractivity contribution in [2.75, 3.05) is 5.43 Å². The summed E-state index contributed by atoms with van der Waals surface area (Å²) in [6.45, 7) is 1.03. The quantitative estimate of drug-likeness (QED) is 0.891. The number of phenols is 1. The average molecular weight is 326 g/mol.